The van der Waals surface area contributed by atoms with Crippen molar-refractivity contribution in [2.75, 3.05) is 6.61 Å². The number of carbonyl (C=O) groups excluding carboxylic acids is 1. The highest BCUT2D eigenvalue weighted by Gasteiger charge is 2.03. The first-order chi connectivity index (χ1) is 7.22. The van der Waals surface area contributed by atoms with Crippen LogP contribution >= 0.6 is 0 Å². The Morgan fingerprint density at radius 2 is 2.07 bits per heavy atom. The quantitative estimate of drug-likeness (QED) is 0.561. The van der Waals surface area contributed by atoms with Crippen LogP contribution in [0.2, 0.25) is 0 Å². The predicted octanol–water partition coefficient (Wildman–Crippen LogP) is 2.49. The lowest BCUT2D eigenvalue weighted by Crippen LogP contribution is -2.07. The third-order valence-electron chi connectivity index (χ3n) is 1.84. The zero-order chi connectivity index (χ0) is 11.1. The first kappa shape index (κ1) is 11.4. The Morgan fingerprint density at radius 1 is 1.40 bits per heavy atom. The second kappa shape index (κ2) is 5.96. The molecule has 1 aromatic rings. The van der Waals surface area contributed by atoms with Gasteiger partial charge in [-0.1, -0.05) is 24.3 Å². The van der Waals surface area contributed by atoms with Crippen molar-refractivity contribution in [2.24, 2.45) is 0 Å². The summed E-state index contributed by atoms with van der Waals surface area (Å²) in [4.78, 5) is 11.2. The second-order valence-corrected chi connectivity index (χ2v) is 3.06. The molecular weight excluding hydrogens is 195 g/mol. The minimum atomic E-state index is -0.306. The maximum Gasteiger partial charge on any atom is 0.310 e. The number of benzene rings is 1. The van der Waals surface area contributed by atoms with Gasteiger partial charge in [-0.2, -0.15) is 0 Å². The van der Waals surface area contributed by atoms with Crippen LogP contribution in [0.25, 0.3) is 0 Å². The van der Waals surface area contributed by atoms with Gasteiger partial charge in [-0.15, -0.1) is 0 Å². The lowest BCUT2D eigenvalue weighted by Gasteiger charge is -2.01. The molecule has 0 fully saturated rings. The molecule has 0 atom stereocenters. The van der Waals surface area contributed by atoms with Crippen LogP contribution in [0.1, 0.15) is 12.5 Å². The van der Waals surface area contributed by atoms with E-state index in [4.69, 9.17) is 4.74 Å². The van der Waals surface area contributed by atoms with Gasteiger partial charge in [0.05, 0.1) is 6.42 Å². The van der Waals surface area contributed by atoms with Crippen LogP contribution in [0.4, 0.5) is 4.39 Å². The predicted molar refractivity (Wildman–Crippen MR) is 55.9 cm³/mol. The zero-order valence-corrected chi connectivity index (χ0v) is 8.57. The highest BCUT2D eigenvalue weighted by Crippen LogP contribution is 2.04. The van der Waals surface area contributed by atoms with Crippen LogP contribution in [-0.2, 0) is 16.0 Å². The molecule has 0 saturated carbocycles. The SMILES string of the molecule is C/C=C/COC(=O)Cc1ccc(F)cc1. The smallest absolute Gasteiger partial charge is 0.310 e. The molecule has 0 unspecified atom stereocenters. The topological polar surface area (TPSA) is 26.3 Å². The van der Waals surface area contributed by atoms with Gasteiger partial charge in [-0.05, 0) is 24.6 Å². The zero-order valence-electron chi connectivity index (χ0n) is 8.57. The van der Waals surface area contributed by atoms with Crippen LogP contribution in [0, 0.1) is 5.82 Å². The van der Waals surface area contributed by atoms with Gasteiger partial charge in [-0.25, -0.2) is 4.39 Å². The molecule has 1 aromatic carbocycles. The van der Waals surface area contributed by atoms with Crippen molar-refractivity contribution in [3.63, 3.8) is 0 Å². The number of hydrogen-bond acceptors (Lipinski definition) is 2. The Bertz CT molecular complexity index is 341. The number of esters is 1. The average Bonchev–Trinajstić information content (AvgIpc) is 2.22. The minimum Gasteiger partial charge on any atom is -0.461 e. The Labute approximate surface area is 88.4 Å². The van der Waals surface area contributed by atoms with Gasteiger partial charge in [-0.3, -0.25) is 4.79 Å². The van der Waals surface area contributed by atoms with Gasteiger partial charge in [0.15, 0.2) is 0 Å². The number of allylic oxidation sites excluding steroid dienone is 1. The summed E-state index contributed by atoms with van der Waals surface area (Å²) >= 11 is 0. The summed E-state index contributed by atoms with van der Waals surface area (Å²) in [7, 11) is 0. The first-order valence-corrected chi connectivity index (χ1v) is 4.73. The molecule has 0 spiro atoms. The van der Waals surface area contributed by atoms with Crippen molar-refractivity contribution >= 4 is 5.97 Å². The molecule has 15 heavy (non-hydrogen) atoms. The Kier molecular flexibility index (Phi) is 4.54. The van der Waals surface area contributed by atoms with E-state index in [1.165, 1.54) is 12.1 Å². The molecule has 0 aliphatic carbocycles. The third kappa shape index (κ3) is 4.40. The molecule has 0 aromatic heterocycles. The van der Waals surface area contributed by atoms with Gasteiger partial charge in [0.25, 0.3) is 0 Å². The molecule has 1 rings (SSSR count). The van der Waals surface area contributed by atoms with Crippen LogP contribution < -0.4 is 0 Å². The largest absolute Gasteiger partial charge is 0.461 e. The first-order valence-electron chi connectivity index (χ1n) is 4.73. The van der Waals surface area contributed by atoms with E-state index >= 15 is 0 Å². The second-order valence-electron chi connectivity index (χ2n) is 3.06. The van der Waals surface area contributed by atoms with Gasteiger partial charge >= 0.3 is 5.97 Å². The summed E-state index contributed by atoms with van der Waals surface area (Å²) in [5.41, 5.74) is 0.752. The fourth-order valence-corrected chi connectivity index (χ4v) is 1.06. The molecule has 0 amide bonds. The molecule has 0 radical (unpaired) electrons. The molecule has 2 nitrogen and oxygen atoms in total. The van der Waals surface area contributed by atoms with Crippen molar-refractivity contribution in [3.8, 4) is 0 Å². The van der Waals surface area contributed by atoms with Gasteiger partial charge in [0.2, 0.25) is 0 Å². The fourth-order valence-electron chi connectivity index (χ4n) is 1.06. The summed E-state index contributed by atoms with van der Waals surface area (Å²) in [6, 6.07) is 5.81. The van der Waals surface area contributed by atoms with E-state index in [-0.39, 0.29) is 24.8 Å². The van der Waals surface area contributed by atoms with E-state index in [1.807, 2.05) is 13.0 Å². The fraction of sp³-hybridized carbons (Fsp3) is 0.250. The number of ether oxygens (including phenoxy) is 1. The highest BCUT2D eigenvalue weighted by atomic mass is 19.1. The van der Waals surface area contributed by atoms with Gasteiger partial charge < -0.3 is 4.74 Å². The Hall–Kier alpha value is -1.64. The molecule has 0 N–H and O–H groups in total. The molecule has 0 saturated heterocycles. The van der Waals surface area contributed by atoms with Gasteiger partial charge in [0, 0.05) is 0 Å². The molecular formula is C12H13FO2. The molecule has 0 heterocycles. The number of rotatable bonds is 4. The lowest BCUT2D eigenvalue weighted by atomic mass is 10.1. The van der Waals surface area contributed by atoms with E-state index in [0.29, 0.717) is 0 Å². The molecule has 0 aliphatic rings. The van der Waals surface area contributed by atoms with E-state index in [1.54, 1.807) is 18.2 Å². The average molecular weight is 208 g/mol. The summed E-state index contributed by atoms with van der Waals surface area (Å²) in [5, 5.41) is 0. The van der Waals surface area contributed by atoms with Crippen LogP contribution in [0.5, 0.6) is 0 Å². The van der Waals surface area contributed by atoms with Crippen LogP contribution in [-0.4, -0.2) is 12.6 Å². The Morgan fingerprint density at radius 3 is 2.67 bits per heavy atom. The number of hydrogen-bond donors (Lipinski definition) is 0. The maximum absolute atomic E-state index is 12.5. The van der Waals surface area contributed by atoms with Crippen molar-refractivity contribution in [2.45, 2.75) is 13.3 Å². The highest BCUT2D eigenvalue weighted by molar-refractivity contribution is 5.72. The van der Waals surface area contributed by atoms with Crippen molar-refractivity contribution in [1.29, 1.82) is 0 Å². The molecule has 0 aliphatic heterocycles. The van der Waals surface area contributed by atoms with Gasteiger partial charge in [0.1, 0.15) is 12.4 Å². The third-order valence-corrected chi connectivity index (χ3v) is 1.84. The van der Waals surface area contributed by atoms with Crippen LogP contribution in [0.3, 0.4) is 0 Å². The number of carbonyl (C=O) groups is 1. The normalized spacial score (nSPS) is 10.5. The minimum absolute atomic E-state index is 0.178. The van der Waals surface area contributed by atoms with E-state index in [0.717, 1.165) is 5.56 Å². The summed E-state index contributed by atoms with van der Waals surface area (Å²) in [6.45, 7) is 2.14. The summed E-state index contributed by atoms with van der Waals surface area (Å²) < 4.78 is 17.4. The molecule has 80 valence electrons. The number of halogens is 1. The molecule has 0 bridgehead atoms. The van der Waals surface area contributed by atoms with E-state index in [2.05, 4.69) is 0 Å². The summed E-state index contributed by atoms with van der Waals surface area (Å²) in [6.07, 6.45) is 3.74. The monoisotopic (exact) mass is 208 g/mol. The summed E-state index contributed by atoms with van der Waals surface area (Å²) in [5.74, 6) is -0.610. The molecule has 3 heteroatoms. The van der Waals surface area contributed by atoms with Crippen LogP contribution in [0.15, 0.2) is 36.4 Å². The maximum atomic E-state index is 12.5. The van der Waals surface area contributed by atoms with Crippen molar-refractivity contribution in [3.05, 3.63) is 47.8 Å². The van der Waals surface area contributed by atoms with E-state index in [9.17, 15) is 9.18 Å². The standard InChI is InChI=1S/C12H13FO2/c1-2-3-8-15-12(14)9-10-4-6-11(13)7-5-10/h2-7H,8-9H2,1H3/b3-2+. The van der Waals surface area contributed by atoms with E-state index < -0.39 is 0 Å². The lowest BCUT2D eigenvalue weighted by molar-refractivity contribution is -0.141. The van der Waals surface area contributed by atoms with Crippen molar-refractivity contribution < 1.29 is 13.9 Å². The Balaban J connectivity index is 2.41. The van der Waals surface area contributed by atoms with Crippen molar-refractivity contribution in [1.82, 2.24) is 0 Å².